The van der Waals surface area contributed by atoms with Crippen molar-refractivity contribution in [3.05, 3.63) is 47.3 Å². The molecule has 1 unspecified atom stereocenters. The molecule has 0 bridgehead atoms. The van der Waals surface area contributed by atoms with Crippen LogP contribution in [0.4, 0.5) is 0 Å². The molecule has 4 N–H and O–H groups in total. The number of carbonyl (C=O) groups is 1. The molecule has 0 spiro atoms. The first kappa shape index (κ1) is 15.1. The van der Waals surface area contributed by atoms with Gasteiger partial charge in [-0.25, -0.2) is 0 Å². The maximum Gasteiger partial charge on any atom is 0.243 e. The van der Waals surface area contributed by atoms with Gasteiger partial charge in [0.15, 0.2) is 0 Å². The minimum absolute atomic E-state index is 0.000458. The number of allylic oxidation sites excluding steroid dienone is 5. The van der Waals surface area contributed by atoms with Gasteiger partial charge in [0, 0.05) is 17.8 Å². The second kappa shape index (κ2) is 6.83. The van der Waals surface area contributed by atoms with Gasteiger partial charge in [-0.2, -0.15) is 0 Å². The van der Waals surface area contributed by atoms with Crippen LogP contribution in [0, 0.1) is 0 Å². The van der Waals surface area contributed by atoms with E-state index in [-0.39, 0.29) is 11.9 Å². The molecule has 1 fully saturated rings. The topological polar surface area (TPSA) is 67.2 Å². The van der Waals surface area contributed by atoms with Gasteiger partial charge in [0.05, 0.1) is 6.54 Å². The smallest absolute Gasteiger partial charge is 0.243 e. The molecule has 1 rings (SSSR count). The monoisotopic (exact) mass is 261 g/mol. The van der Waals surface area contributed by atoms with E-state index >= 15 is 0 Å². The summed E-state index contributed by atoms with van der Waals surface area (Å²) in [6.07, 6.45) is 6.56. The molecule has 0 radical (unpaired) electrons. The summed E-state index contributed by atoms with van der Waals surface area (Å²) >= 11 is 0. The van der Waals surface area contributed by atoms with Gasteiger partial charge >= 0.3 is 0 Å². The van der Waals surface area contributed by atoms with Crippen LogP contribution in [0.5, 0.6) is 0 Å². The Morgan fingerprint density at radius 3 is 2.74 bits per heavy atom. The standard InChI is InChI=1S/C15H23N3O/c1-5-10(2)6-13(7-11(3)16)8-14-15(19)17-9-12(4)18-14/h5-7,14,18H,4,8-9,16H2,1-3H3,(H,17,19)/b10-5-,11-7-,13-6+. The van der Waals surface area contributed by atoms with Gasteiger partial charge in [0.2, 0.25) is 5.91 Å². The normalized spacial score (nSPS) is 22.1. The number of rotatable bonds is 4. The van der Waals surface area contributed by atoms with Crippen LogP contribution in [-0.2, 0) is 4.79 Å². The van der Waals surface area contributed by atoms with Crippen LogP contribution in [0.1, 0.15) is 27.2 Å². The Bertz CT molecular complexity index is 454. The van der Waals surface area contributed by atoms with Crippen LogP contribution in [0.3, 0.4) is 0 Å². The van der Waals surface area contributed by atoms with E-state index in [0.717, 1.165) is 22.5 Å². The highest BCUT2D eigenvalue weighted by atomic mass is 16.2. The van der Waals surface area contributed by atoms with E-state index in [2.05, 4.69) is 17.2 Å². The average molecular weight is 261 g/mol. The van der Waals surface area contributed by atoms with Gasteiger partial charge in [-0.15, -0.1) is 0 Å². The molecule has 0 saturated carbocycles. The van der Waals surface area contributed by atoms with Crippen molar-refractivity contribution in [1.29, 1.82) is 0 Å². The maximum atomic E-state index is 11.8. The van der Waals surface area contributed by atoms with Gasteiger partial charge in [-0.3, -0.25) is 4.79 Å². The summed E-state index contributed by atoms with van der Waals surface area (Å²) in [6, 6.07) is -0.284. The lowest BCUT2D eigenvalue weighted by Gasteiger charge is -2.26. The van der Waals surface area contributed by atoms with Crippen LogP contribution >= 0.6 is 0 Å². The summed E-state index contributed by atoms with van der Waals surface area (Å²) in [6.45, 7) is 10.2. The Hall–Kier alpha value is -1.97. The minimum Gasteiger partial charge on any atom is -0.402 e. The number of nitrogens with one attached hydrogen (secondary N) is 2. The molecule has 19 heavy (non-hydrogen) atoms. The maximum absolute atomic E-state index is 11.8. The first-order valence-corrected chi connectivity index (χ1v) is 6.41. The van der Waals surface area contributed by atoms with Crippen LogP contribution in [-0.4, -0.2) is 18.5 Å². The van der Waals surface area contributed by atoms with Crippen molar-refractivity contribution >= 4 is 5.91 Å². The molecule has 1 heterocycles. The van der Waals surface area contributed by atoms with Crippen molar-refractivity contribution in [1.82, 2.24) is 10.6 Å². The van der Waals surface area contributed by atoms with E-state index in [0.29, 0.717) is 13.0 Å². The molecule has 4 heteroatoms. The zero-order chi connectivity index (χ0) is 14.4. The third-order valence-corrected chi connectivity index (χ3v) is 2.89. The van der Waals surface area contributed by atoms with Crippen molar-refractivity contribution < 1.29 is 4.79 Å². The summed E-state index contributed by atoms with van der Waals surface area (Å²) < 4.78 is 0. The van der Waals surface area contributed by atoms with E-state index in [1.165, 1.54) is 0 Å². The highest BCUT2D eigenvalue weighted by Gasteiger charge is 2.23. The zero-order valence-electron chi connectivity index (χ0n) is 11.9. The Labute approximate surface area is 115 Å². The second-order valence-electron chi connectivity index (χ2n) is 4.86. The lowest BCUT2D eigenvalue weighted by molar-refractivity contribution is -0.123. The SMILES string of the molecule is C=C1CNC(=O)C(CC(/C=C(/C)N)=C/C(C)=C\C)N1. The lowest BCUT2D eigenvalue weighted by atomic mass is 10.0. The van der Waals surface area contributed by atoms with Crippen molar-refractivity contribution in [2.24, 2.45) is 5.73 Å². The molecule has 1 saturated heterocycles. The average Bonchev–Trinajstić information content (AvgIpc) is 2.32. The van der Waals surface area contributed by atoms with Crippen molar-refractivity contribution in [3.8, 4) is 0 Å². The number of nitrogens with two attached hydrogens (primary N) is 1. The van der Waals surface area contributed by atoms with Gasteiger partial charge in [0.1, 0.15) is 6.04 Å². The Kier molecular flexibility index (Phi) is 5.42. The number of amides is 1. The van der Waals surface area contributed by atoms with E-state index < -0.39 is 0 Å². The second-order valence-corrected chi connectivity index (χ2v) is 4.86. The molecule has 1 atom stereocenters. The summed E-state index contributed by atoms with van der Waals surface area (Å²) in [5.41, 5.74) is 9.47. The van der Waals surface area contributed by atoms with Crippen molar-refractivity contribution in [2.75, 3.05) is 6.54 Å². The summed E-state index contributed by atoms with van der Waals surface area (Å²) in [5, 5.41) is 5.94. The van der Waals surface area contributed by atoms with E-state index in [1.54, 1.807) is 0 Å². The van der Waals surface area contributed by atoms with Gasteiger partial charge in [-0.05, 0) is 32.4 Å². The van der Waals surface area contributed by atoms with E-state index in [4.69, 9.17) is 5.73 Å². The third-order valence-electron chi connectivity index (χ3n) is 2.89. The predicted molar refractivity (Wildman–Crippen MR) is 79.1 cm³/mol. The highest BCUT2D eigenvalue weighted by molar-refractivity contribution is 5.83. The fraction of sp³-hybridized carbons (Fsp3) is 0.400. The predicted octanol–water partition coefficient (Wildman–Crippen LogP) is 1.73. The summed E-state index contributed by atoms with van der Waals surface area (Å²) in [7, 11) is 0. The highest BCUT2D eigenvalue weighted by Crippen LogP contribution is 2.14. The van der Waals surface area contributed by atoms with Gasteiger partial charge in [-0.1, -0.05) is 24.3 Å². The van der Waals surface area contributed by atoms with Gasteiger partial charge < -0.3 is 16.4 Å². The molecule has 0 aromatic carbocycles. The molecule has 0 aliphatic carbocycles. The van der Waals surface area contributed by atoms with Crippen LogP contribution < -0.4 is 16.4 Å². The van der Waals surface area contributed by atoms with Gasteiger partial charge in [0.25, 0.3) is 0 Å². The molecule has 1 aliphatic rings. The Balaban J connectivity index is 2.88. The molecular weight excluding hydrogens is 238 g/mol. The number of piperazine rings is 1. The Morgan fingerprint density at radius 2 is 2.16 bits per heavy atom. The van der Waals surface area contributed by atoms with E-state index in [1.807, 2.05) is 39.0 Å². The number of hydrogen-bond donors (Lipinski definition) is 3. The molecule has 104 valence electrons. The lowest BCUT2D eigenvalue weighted by Crippen LogP contribution is -2.51. The number of carbonyl (C=O) groups excluding carboxylic acids is 1. The number of hydrogen-bond acceptors (Lipinski definition) is 3. The van der Waals surface area contributed by atoms with Crippen molar-refractivity contribution in [3.63, 3.8) is 0 Å². The van der Waals surface area contributed by atoms with Crippen LogP contribution in [0.2, 0.25) is 0 Å². The van der Waals surface area contributed by atoms with E-state index in [9.17, 15) is 4.79 Å². The fourth-order valence-electron chi connectivity index (χ4n) is 1.89. The molecule has 1 amide bonds. The fourth-order valence-corrected chi connectivity index (χ4v) is 1.89. The quantitative estimate of drug-likeness (QED) is 0.675. The largest absolute Gasteiger partial charge is 0.402 e. The molecule has 4 nitrogen and oxygen atoms in total. The third kappa shape index (κ3) is 5.04. The zero-order valence-corrected chi connectivity index (χ0v) is 11.9. The molecule has 1 aliphatic heterocycles. The first-order valence-electron chi connectivity index (χ1n) is 6.41. The Morgan fingerprint density at radius 1 is 1.47 bits per heavy atom. The molecular formula is C15H23N3O. The van der Waals surface area contributed by atoms with Crippen molar-refractivity contribution in [2.45, 2.75) is 33.2 Å². The van der Waals surface area contributed by atoms with Crippen LogP contribution in [0.15, 0.2) is 47.3 Å². The summed E-state index contributed by atoms with van der Waals surface area (Å²) in [5.74, 6) is -0.000458. The van der Waals surface area contributed by atoms with Crippen LogP contribution in [0.25, 0.3) is 0 Å². The molecule has 0 aromatic rings. The minimum atomic E-state index is -0.284. The molecule has 0 aromatic heterocycles. The summed E-state index contributed by atoms with van der Waals surface area (Å²) in [4.78, 5) is 11.8. The first-order chi connectivity index (χ1) is 8.92.